The Hall–Kier alpha value is -0.640. The SMILES string of the molecule is CC1=CC2NCC3(CCN(CCC4CCNCC4)CC3)C2C=C1. The molecule has 0 amide bonds. The van der Waals surface area contributed by atoms with E-state index in [0.717, 1.165) is 11.8 Å². The minimum atomic E-state index is 0.531. The summed E-state index contributed by atoms with van der Waals surface area (Å²) >= 11 is 0. The first-order valence-corrected chi connectivity index (χ1v) is 9.78. The summed E-state index contributed by atoms with van der Waals surface area (Å²) in [4.78, 5) is 2.74. The van der Waals surface area contributed by atoms with E-state index in [1.807, 2.05) is 0 Å². The number of hydrogen-bond donors (Lipinski definition) is 2. The highest BCUT2D eigenvalue weighted by atomic mass is 15.1. The molecule has 0 bridgehead atoms. The third-order valence-electron chi connectivity index (χ3n) is 6.96. The predicted molar refractivity (Wildman–Crippen MR) is 96.5 cm³/mol. The molecule has 23 heavy (non-hydrogen) atoms. The number of nitrogens with zero attached hydrogens (tertiary/aromatic N) is 1. The molecule has 128 valence electrons. The van der Waals surface area contributed by atoms with Gasteiger partial charge in [-0.15, -0.1) is 0 Å². The topological polar surface area (TPSA) is 27.3 Å². The molecular weight excluding hydrogens is 282 g/mol. The summed E-state index contributed by atoms with van der Waals surface area (Å²) in [6.07, 6.45) is 14.3. The van der Waals surface area contributed by atoms with E-state index in [9.17, 15) is 0 Å². The van der Waals surface area contributed by atoms with Crippen LogP contribution in [-0.4, -0.2) is 50.2 Å². The quantitative estimate of drug-likeness (QED) is 0.838. The van der Waals surface area contributed by atoms with Crippen molar-refractivity contribution in [3.63, 3.8) is 0 Å². The Labute approximate surface area is 141 Å². The molecule has 3 saturated heterocycles. The largest absolute Gasteiger partial charge is 0.317 e. The van der Waals surface area contributed by atoms with E-state index in [-0.39, 0.29) is 0 Å². The second kappa shape index (κ2) is 6.70. The van der Waals surface area contributed by atoms with Crippen molar-refractivity contribution in [2.45, 2.75) is 45.1 Å². The zero-order valence-electron chi connectivity index (χ0n) is 14.7. The van der Waals surface area contributed by atoms with Gasteiger partial charge < -0.3 is 15.5 Å². The van der Waals surface area contributed by atoms with Crippen molar-refractivity contribution in [1.82, 2.24) is 15.5 Å². The summed E-state index contributed by atoms with van der Waals surface area (Å²) in [7, 11) is 0. The fraction of sp³-hybridized carbons (Fsp3) is 0.800. The average molecular weight is 316 g/mol. The summed E-state index contributed by atoms with van der Waals surface area (Å²) < 4.78 is 0. The van der Waals surface area contributed by atoms with Gasteiger partial charge in [-0.3, -0.25) is 0 Å². The van der Waals surface area contributed by atoms with Crippen molar-refractivity contribution in [2.75, 3.05) is 39.3 Å². The Morgan fingerprint density at radius 2 is 2.00 bits per heavy atom. The van der Waals surface area contributed by atoms with Crippen LogP contribution in [0.3, 0.4) is 0 Å². The van der Waals surface area contributed by atoms with Gasteiger partial charge in [0.1, 0.15) is 0 Å². The maximum Gasteiger partial charge on any atom is 0.0324 e. The van der Waals surface area contributed by atoms with Crippen molar-refractivity contribution in [1.29, 1.82) is 0 Å². The molecule has 2 N–H and O–H groups in total. The van der Waals surface area contributed by atoms with Crippen LogP contribution in [0.5, 0.6) is 0 Å². The van der Waals surface area contributed by atoms with E-state index in [0.29, 0.717) is 11.5 Å². The monoisotopic (exact) mass is 315 g/mol. The van der Waals surface area contributed by atoms with Gasteiger partial charge in [0.25, 0.3) is 0 Å². The Morgan fingerprint density at radius 1 is 1.22 bits per heavy atom. The first kappa shape index (κ1) is 15.9. The minimum absolute atomic E-state index is 0.531. The Balaban J connectivity index is 1.28. The van der Waals surface area contributed by atoms with Crippen molar-refractivity contribution in [3.05, 3.63) is 23.8 Å². The maximum absolute atomic E-state index is 3.79. The standard InChI is InChI=1S/C20H33N3/c1-16-2-3-18-19(14-16)22-15-20(18)7-12-23(13-8-20)11-6-17-4-9-21-10-5-17/h2-3,14,17-19,21-22H,4-13,15H2,1H3. The summed E-state index contributed by atoms with van der Waals surface area (Å²) in [6.45, 7) is 9.88. The molecule has 3 heterocycles. The molecule has 4 aliphatic rings. The van der Waals surface area contributed by atoms with Crippen molar-refractivity contribution in [2.24, 2.45) is 17.3 Å². The third kappa shape index (κ3) is 3.29. The predicted octanol–water partition coefficient (Wildman–Crippen LogP) is 2.56. The summed E-state index contributed by atoms with van der Waals surface area (Å²) in [5.41, 5.74) is 1.96. The zero-order chi connectivity index (χ0) is 15.7. The molecule has 0 aromatic carbocycles. The van der Waals surface area contributed by atoms with Crippen LogP contribution in [0.2, 0.25) is 0 Å². The molecule has 0 aromatic heterocycles. The van der Waals surface area contributed by atoms with Crippen molar-refractivity contribution >= 4 is 0 Å². The Kier molecular flexibility index (Phi) is 4.62. The van der Waals surface area contributed by atoms with Gasteiger partial charge in [0, 0.05) is 18.5 Å². The van der Waals surface area contributed by atoms with Gasteiger partial charge in [-0.05, 0) is 83.1 Å². The van der Waals surface area contributed by atoms with Gasteiger partial charge in [-0.1, -0.05) is 23.8 Å². The lowest BCUT2D eigenvalue weighted by Gasteiger charge is -2.43. The van der Waals surface area contributed by atoms with Gasteiger partial charge in [0.15, 0.2) is 0 Å². The second-order valence-corrected chi connectivity index (χ2v) is 8.39. The number of likely N-dealkylation sites (tertiary alicyclic amines) is 1. The number of allylic oxidation sites excluding steroid dienone is 2. The molecule has 4 rings (SSSR count). The highest BCUT2D eigenvalue weighted by Crippen LogP contribution is 2.46. The number of rotatable bonds is 3. The first-order chi connectivity index (χ1) is 11.3. The normalized spacial score (nSPS) is 34.6. The van der Waals surface area contributed by atoms with Gasteiger partial charge in [0.05, 0.1) is 0 Å². The van der Waals surface area contributed by atoms with E-state index in [1.54, 1.807) is 0 Å². The van der Waals surface area contributed by atoms with Crippen LogP contribution in [0.4, 0.5) is 0 Å². The summed E-state index contributed by atoms with van der Waals surface area (Å²) in [6, 6.07) is 0.598. The van der Waals surface area contributed by atoms with Crippen molar-refractivity contribution < 1.29 is 0 Å². The van der Waals surface area contributed by atoms with E-state index in [4.69, 9.17) is 0 Å². The lowest BCUT2D eigenvalue weighted by molar-refractivity contribution is 0.0882. The smallest absolute Gasteiger partial charge is 0.0324 e. The van der Waals surface area contributed by atoms with Crippen LogP contribution in [0.1, 0.15) is 39.0 Å². The molecule has 1 spiro atoms. The molecule has 3 heteroatoms. The van der Waals surface area contributed by atoms with Crippen LogP contribution in [-0.2, 0) is 0 Å². The van der Waals surface area contributed by atoms with Crippen LogP contribution in [0.25, 0.3) is 0 Å². The summed E-state index contributed by atoms with van der Waals surface area (Å²) in [5.74, 6) is 1.71. The lowest BCUT2D eigenvalue weighted by atomic mass is 9.67. The maximum atomic E-state index is 3.79. The molecule has 1 aliphatic carbocycles. The molecule has 2 unspecified atom stereocenters. The number of piperidine rings is 2. The first-order valence-electron chi connectivity index (χ1n) is 9.78. The van der Waals surface area contributed by atoms with Gasteiger partial charge in [-0.25, -0.2) is 0 Å². The second-order valence-electron chi connectivity index (χ2n) is 8.39. The van der Waals surface area contributed by atoms with Crippen LogP contribution in [0, 0.1) is 17.3 Å². The van der Waals surface area contributed by atoms with Gasteiger partial charge in [-0.2, -0.15) is 0 Å². The molecule has 3 fully saturated rings. The highest BCUT2D eigenvalue weighted by molar-refractivity contribution is 5.30. The summed E-state index contributed by atoms with van der Waals surface area (Å²) in [5, 5.41) is 7.28. The fourth-order valence-electron chi connectivity index (χ4n) is 5.30. The van der Waals surface area contributed by atoms with Crippen LogP contribution >= 0.6 is 0 Å². The zero-order valence-corrected chi connectivity index (χ0v) is 14.7. The third-order valence-corrected chi connectivity index (χ3v) is 6.96. The van der Waals surface area contributed by atoms with E-state index < -0.39 is 0 Å². The molecule has 0 saturated carbocycles. The van der Waals surface area contributed by atoms with Gasteiger partial charge >= 0.3 is 0 Å². The molecule has 3 aliphatic heterocycles. The van der Waals surface area contributed by atoms with E-state index in [1.165, 1.54) is 76.9 Å². The lowest BCUT2D eigenvalue weighted by Crippen LogP contribution is -2.45. The van der Waals surface area contributed by atoms with Crippen LogP contribution < -0.4 is 10.6 Å². The molecule has 0 aromatic rings. The highest BCUT2D eigenvalue weighted by Gasteiger charge is 2.48. The molecule has 3 nitrogen and oxygen atoms in total. The Morgan fingerprint density at radius 3 is 2.78 bits per heavy atom. The van der Waals surface area contributed by atoms with Gasteiger partial charge in [0.2, 0.25) is 0 Å². The number of fused-ring (bicyclic) bond motifs is 2. The van der Waals surface area contributed by atoms with E-state index in [2.05, 4.69) is 40.7 Å². The Bertz CT molecular complexity index is 467. The number of hydrogen-bond acceptors (Lipinski definition) is 3. The fourth-order valence-corrected chi connectivity index (χ4v) is 5.30. The van der Waals surface area contributed by atoms with Crippen LogP contribution in [0.15, 0.2) is 23.8 Å². The molecule has 2 atom stereocenters. The molecule has 0 radical (unpaired) electrons. The number of nitrogens with one attached hydrogen (secondary N) is 2. The van der Waals surface area contributed by atoms with E-state index >= 15 is 0 Å². The molecular formula is C20H33N3. The van der Waals surface area contributed by atoms with Crippen molar-refractivity contribution in [3.8, 4) is 0 Å². The minimum Gasteiger partial charge on any atom is -0.317 e. The average Bonchev–Trinajstić information content (AvgIpc) is 2.93.